The van der Waals surface area contributed by atoms with E-state index < -0.39 is 0 Å². The van der Waals surface area contributed by atoms with Gasteiger partial charge >= 0.3 is 0 Å². The van der Waals surface area contributed by atoms with E-state index in [-0.39, 0.29) is 5.82 Å². The molecule has 0 saturated heterocycles. The lowest BCUT2D eigenvalue weighted by atomic mass is 10.1. The van der Waals surface area contributed by atoms with Crippen LogP contribution in [0.1, 0.15) is 18.1 Å². The van der Waals surface area contributed by atoms with Gasteiger partial charge in [-0.2, -0.15) is 0 Å². The molecule has 1 aromatic heterocycles. The van der Waals surface area contributed by atoms with Crippen LogP contribution in [0, 0.1) is 12.7 Å². The minimum atomic E-state index is -0.343. The van der Waals surface area contributed by atoms with Crippen molar-refractivity contribution < 1.29 is 4.39 Å². The van der Waals surface area contributed by atoms with Crippen LogP contribution < -0.4 is 0 Å². The van der Waals surface area contributed by atoms with E-state index in [1.807, 2.05) is 25.1 Å². The van der Waals surface area contributed by atoms with Gasteiger partial charge in [0.2, 0.25) is 0 Å². The van der Waals surface area contributed by atoms with E-state index in [2.05, 4.69) is 16.9 Å². The molecule has 1 heterocycles. The molecule has 0 aliphatic heterocycles. The van der Waals surface area contributed by atoms with Crippen molar-refractivity contribution >= 4 is 22.5 Å². The molecular weight excluding hydrogens is 287 g/mol. The average Bonchev–Trinajstić information content (AvgIpc) is 2.49. The minimum Gasteiger partial charge on any atom is -0.227 e. The molecule has 0 fully saturated rings. The summed E-state index contributed by atoms with van der Waals surface area (Å²) in [5.74, 6) is -0.0143. The highest BCUT2D eigenvalue weighted by atomic mass is 35.5. The summed E-state index contributed by atoms with van der Waals surface area (Å²) in [6.07, 6.45) is 0.834. The van der Waals surface area contributed by atoms with Crippen molar-refractivity contribution in [3.05, 3.63) is 58.5 Å². The van der Waals surface area contributed by atoms with Gasteiger partial charge in [0.05, 0.1) is 11.1 Å². The van der Waals surface area contributed by atoms with Crippen molar-refractivity contribution in [1.29, 1.82) is 0 Å². The summed E-state index contributed by atoms with van der Waals surface area (Å²) < 4.78 is 14.0. The summed E-state index contributed by atoms with van der Waals surface area (Å²) in [6, 6.07) is 10.7. The van der Waals surface area contributed by atoms with Crippen LogP contribution in [0.5, 0.6) is 0 Å². The molecule has 0 aliphatic carbocycles. The lowest BCUT2D eigenvalue weighted by Crippen LogP contribution is -1.97. The third-order valence-corrected chi connectivity index (χ3v) is 3.80. The number of para-hydroxylation sites is 1. The van der Waals surface area contributed by atoms with Crippen molar-refractivity contribution in [2.75, 3.05) is 0 Å². The number of benzene rings is 2. The zero-order valence-electron chi connectivity index (χ0n) is 11.8. The Morgan fingerprint density at radius 2 is 1.95 bits per heavy atom. The SMILES string of the molecule is CCc1cccc2c(Cl)nc(-c3cc(C)ccc3F)nc12. The van der Waals surface area contributed by atoms with Crippen LogP contribution in [-0.2, 0) is 6.42 Å². The van der Waals surface area contributed by atoms with E-state index in [4.69, 9.17) is 11.6 Å². The highest BCUT2D eigenvalue weighted by Crippen LogP contribution is 2.28. The van der Waals surface area contributed by atoms with Crippen LogP contribution in [0.15, 0.2) is 36.4 Å². The van der Waals surface area contributed by atoms with Gasteiger partial charge in [0.1, 0.15) is 11.0 Å². The van der Waals surface area contributed by atoms with Crippen LogP contribution in [0.4, 0.5) is 4.39 Å². The van der Waals surface area contributed by atoms with Crippen LogP contribution >= 0.6 is 11.6 Å². The van der Waals surface area contributed by atoms with Crippen LogP contribution in [0.2, 0.25) is 5.15 Å². The largest absolute Gasteiger partial charge is 0.227 e. The van der Waals surface area contributed by atoms with Gasteiger partial charge in [-0.15, -0.1) is 0 Å². The number of halogens is 2. The summed E-state index contributed by atoms with van der Waals surface area (Å²) in [7, 11) is 0. The van der Waals surface area contributed by atoms with Crippen LogP contribution in [-0.4, -0.2) is 9.97 Å². The van der Waals surface area contributed by atoms with Gasteiger partial charge in [0.25, 0.3) is 0 Å². The quantitative estimate of drug-likeness (QED) is 0.625. The molecule has 0 atom stereocenters. The van der Waals surface area contributed by atoms with Gasteiger partial charge in [-0.1, -0.05) is 42.3 Å². The first-order chi connectivity index (χ1) is 10.1. The van der Waals surface area contributed by atoms with E-state index >= 15 is 0 Å². The fraction of sp³-hybridized carbons (Fsp3) is 0.176. The Balaban J connectivity index is 2.31. The average molecular weight is 301 g/mol. The Kier molecular flexibility index (Phi) is 3.60. The fourth-order valence-corrected chi connectivity index (χ4v) is 2.62. The summed E-state index contributed by atoms with van der Waals surface area (Å²) >= 11 is 6.26. The maximum absolute atomic E-state index is 14.0. The van der Waals surface area contributed by atoms with E-state index in [0.717, 1.165) is 28.5 Å². The molecule has 21 heavy (non-hydrogen) atoms. The number of rotatable bonds is 2. The maximum Gasteiger partial charge on any atom is 0.164 e. The molecular formula is C17H14ClFN2. The molecule has 0 amide bonds. The van der Waals surface area contributed by atoms with Gasteiger partial charge < -0.3 is 0 Å². The Labute approximate surface area is 127 Å². The second-order valence-corrected chi connectivity index (χ2v) is 5.35. The Morgan fingerprint density at radius 3 is 2.71 bits per heavy atom. The summed E-state index contributed by atoms with van der Waals surface area (Å²) in [4.78, 5) is 8.81. The van der Waals surface area contributed by atoms with Crippen LogP contribution in [0.3, 0.4) is 0 Å². The number of hydrogen-bond acceptors (Lipinski definition) is 2. The fourth-order valence-electron chi connectivity index (χ4n) is 2.39. The van der Waals surface area contributed by atoms with Gasteiger partial charge in [0, 0.05) is 5.39 Å². The van der Waals surface area contributed by atoms with Gasteiger partial charge in [-0.3, -0.25) is 0 Å². The Bertz CT molecular complexity index is 830. The van der Waals surface area contributed by atoms with Crippen molar-refractivity contribution in [3.8, 4) is 11.4 Å². The second-order valence-electron chi connectivity index (χ2n) is 4.99. The predicted molar refractivity (Wildman–Crippen MR) is 84.1 cm³/mol. The topological polar surface area (TPSA) is 25.8 Å². The number of nitrogens with zero attached hydrogens (tertiary/aromatic N) is 2. The van der Waals surface area contributed by atoms with E-state index in [1.54, 1.807) is 12.1 Å². The van der Waals surface area contributed by atoms with Crippen molar-refractivity contribution in [1.82, 2.24) is 9.97 Å². The van der Waals surface area contributed by atoms with Crippen molar-refractivity contribution in [3.63, 3.8) is 0 Å². The lowest BCUT2D eigenvalue weighted by molar-refractivity contribution is 0.629. The molecule has 0 unspecified atom stereocenters. The first-order valence-electron chi connectivity index (χ1n) is 6.82. The molecule has 2 aromatic carbocycles. The van der Waals surface area contributed by atoms with E-state index in [0.29, 0.717) is 16.5 Å². The molecule has 0 N–H and O–H groups in total. The zero-order valence-corrected chi connectivity index (χ0v) is 12.6. The van der Waals surface area contributed by atoms with Crippen molar-refractivity contribution in [2.45, 2.75) is 20.3 Å². The molecule has 2 nitrogen and oxygen atoms in total. The molecule has 106 valence electrons. The summed E-state index contributed by atoms with van der Waals surface area (Å²) in [5, 5.41) is 1.15. The zero-order chi connectivity index (χ0) is 15.0. The van der Waals surface area contributed by atoms with Gasteiger partial charge in [0.15, 0.2) is 5.82 Å². The molecule has 3 aromatic rings. The monoisotopic (exact) mass is 300 g/mol. The Hall–Kier alpha value is -2.00. The maximum atomic E-state index is 14.0. The molecule has 0 aliphatic rings. The van der Waals surface area contributed by atoms with Crippen LogP contribution in [0.25, 0.3) is 22.3 Å². The standard InChI is InChI=1S/C17H14ClFN2/c1-3-11-5-4-6-12-15(11)20-17(21-16(12)18)13-9-10(2)7-8-14(13)19/h4-9H,3H2,1-2H3. The Morgan fingerprint density at radius 1 is 1.14 bits per heavy atom. The van der Waals surface area contributed by atoms with Crippen molar-refractivity contribution in [2.24, 2.45) is 0 Å². The van der Waals surface area contributed by atoms with E-state index in [1.165, 1.54) is 6.07 Å². The minimum absolute atomic E-state index is 0.328. The smallest absolute Gasteiger partial charge is 0.164 e. The molecule has 3 rings (SSSR count). The van der Waals surface area contributed by atoms with Gasteiger partial charge in [-0.05, 0) is 37.1 Å². The number of fused-ring (bicyclic) bond motifs is 1. The number of hydrogen-bond donors (Lipinski definition) is 0. The number of aromatic nitrogens is 2. The molecule has 4 heteroatoms. The first-order valence-corrected chi connectivity index (χ1v) is 7.19. The normalized spacial score (nSPS) is 11.0. The van der Waals surface area contributed by atoms with Gasteiger partial charge in [-0.25, -0.2) is 14.4 Å². The highest BCUT2D eigenvalue weighted by molar-refractivity contribution is 6.34. The number of aryl methyl sites for hydroxylation is 2. The summed E-state index contributed by atoms with van der Waals surface area (Å²) in [6.45, 7) is 3.96. The summed E-state index contributed by atoms with van der Waals surface area (Å²) in [5.41, 5.74) is 3.20. The molecule has 0 radical (unpaired) electrons. The van der Waals surface area contributed by atoms with E-state index in [9.17, 15) is 4.39 Å². The molecule has 0 spiro atoms. The molecule has 0 bridgehead atoms. The third-order valence-electron chi connectivity index (χ3n) is 3.51. The lowest BCUT2D eigenvalue weighted by Gasteiger charge is -2.09. The predicted octanol–water partition coefficient (Wildman–Crippen LogP) is 4.96. The first kappa shape index (κ1) is 14.0. The molecule has 0 saturated carbocycles. The third kappa shape index (κ3) is 2.49. The second kappa shape index (κ2) is 5.41. The highest BCUT2D eigenvalue weighted by Gasteiger charge is 2.13.